The minimum Gasteiger partial charge on any atom is -0.437 e. The number of nitrogens with zero attached hydrogens (tertiary/aromatic N) is 1. The number of nitrogens with two attached hydrogens (primary N) is 1. The van der Waals surface area contributed by atoms with Gasteiger partial charge in [0.15, 0.2) is 0 Å². The number of aromatic nitrogens is 1. The van der Waals surface area contributed by atoms with Crippen LogP contribution in [0.2, 0.25) is 0 Å². The average Bonchev–Trinajstić information content (AvgIpc) is 2.33. The first-order valence-electron chi connectivity index (χ1n) is 6.07. The highest BCUT2D eigenvalue weighted by Crippen LogP contribution is 2.35. The summed E-state index contributed by atoms with van der Waals surface area (Å²) in [4.78, 5) is 4.26. The molecule has 0 aliphatic rings. The zero-order valence-corrected chi connectivity index (χ0v) is 12.9. The number of pyridine rings is 1. The van der Waals surface area contributed by atoms with Crippen molar-refractivity contribution in [1.82, 2.24) is 4.98 Å². The molecular formula is C15H17BrN2O. The lowest BCUT2D eigenvalue weighted by molar-refractivity contribution is 0.441. The first kappa shape index (κ1) is 13.9. The molecule has 0 aliphatic heterocycles. The van der Waals surface area contributed by atoms with Crippen LogP contribution in [0.15, 0.2) is 41.0 Å². The minimum absolute atomic E-state index is 0.00261. The fraction of sp³-hybridized carbons (Fsp3) is 0.267. The van der Waals surface area contributed by atoms with Gasteiger partial charge in [-0.2, -0.15) is 0 Å². The molecule has 0 bridgehead atoms. The number of benzene rings is 1. The molecule has 0 radical (unpaired) electrons. The molecule has 100 valence electrons. The van der Waals surface area contributed by atoms with Gasteiger partial charge in [-0.05, 0) is 39.5 Å². The Bertz CT molecular complexity index is 591. The van der Waals surface area contributed by atoms with Crippen molar-refractivity contribution >= 4 is 21.6 Å². The van der Waals surface area contributed by atoms with Gasteiger partial charge in [0, 0.05) is 5.56 Å². The third-order valence-corrected chi connectivity index (χ3v) is 3.20. The number of halogens is 1. The minimum atomic E-state index is -0.00261. The second kappa shape index (κ2) is 5.21. The van der Waals surface area contributed by atoms with E-state index in [9.17, 15) is 0 Å². The highest BCUT2D eigenvalue weighted by molar-refractivity contribution is 9.10. The lowest BCUT2D eigenvalue weighted by Crippen LogP contribution is -2.12. The van der Waals surface area contributed by atoms with E-state index in [1.165, 1.54) is 0 Å². The first-order chi connectivity index (χ1) is 8.88. The van der Waals surface area contributed by atoms with Crippen LogP contribution >= 0.6 is 15.9 Å². The summed E-state index contributed by atoms with van der Waals surface area (Å²) < 4.78 is 6.58. The molecule has 19 heavy (non-hydrogen) atoms. The molecule has 1 aromatic carbocycles. The van der Waals surface area contributed by atoms with Crippen LogP contribution in [0.1, 0.15) is 26.3 Å². The molecule has 1 heterocycles. The van der Waals surface area contributed by atoms with Crippen LogP contribution in [0.5, 0.6) is 11.6 Å². The highest BCUT2D eigenvalue weighted by Gasteiger charge is 2.19. The molecule has 3 nitrogen and oxygen atoms in total. The van der Waals surface area contributed by atoms with Crippen molar-refractivity contribution in [3.8, 4) is 11.6 Å². The van der Waals surface area contributed by atoms with Gasteiger partial charge >= 0.3 is 0 Å². The second-order valence-electron chi connectivity index (χ2n) is 5.38. The van der Waals surface area contributed by atoms with E-state index in [-0.39, 0.29) is 5.41 Å². The van der Waals surface area contributed by atoms with Gasteiger partial charge in [-0.15, -0.1) is 0 Å². The standard InChI is InChI=1S/C15H17BrN2O/c1-15(2,3)10-6-4-5-7-12(10)19-14-11(17)8-9-13(16)18-14/h4-9H,17H2,1-3H3. The van der Waals surface area contributed by atoms with E-state index in [0.717, 1.165) is 11.3 Å². The normalized spacial score (nSPS) is 11.4. The third kappa shape index (κ3) is 3.26. The van der Waals surface area contributed by atoms with E-state index in [1.54, 1.807) is 12.1 Å². The second-order valence-corrected chi connectivity index (χ2v) is 6.19. The molecule has 0 spiro atoms. The summed E-state index contributed by atoms with van der Waals surface area (Å²) in [5, 5.41) is 0. The molecular weight excluding hydrogens is 304 g/mol. The molecule has 1 aromatic heterocycles. The SMILES string of the molecule is CC(C)(C)c1ccccc1Oc1nc(Br)ccc1N. The molecule has 0 amide bonds. The number of hydrogen-bond donors (Lipinski definition) is 1. The summed E-state index contributed by atoms with van der Waals surface area (Å²) in [6, 6.07) is 11.5. The van der Waals surface area contributed by atoms with Gasteiger partial charge < -0.3 is 10.5 Å². The maximum atomic E-state index is 5.89. The van der Waals surface area contributed by atoms with Crippen molar-refractivity contribution in [1.29, 1.82) is 0 Å². The van der Waals surface area contributed by atoms with Gasteiger partial charge in [0.2, 0.25) is 5.88 Å². The number of hydrogen-bond acceptors (Lipinski definition) is 3. The van der Waals surface area contributed by atoms with Crippen LogP contribution in [0, 0.1) is 0 Å². The number of rotatable bonds is 2. The summed E-state index contributed by atoms with van der Waals surface area (Å²) in [6.07, 6.45) is 0. The Balaban J connectivity index is 2.41. The molecule has 0 saturated heterocycles. The Hall–Kier alpha value is -1.55. The van der Waals surface area contributed by atoms with Crippen molar-refractivity contribution in [2.45, 2.75) is 26.2 Å². The summed E-state index contributed by atoms with van der Waals surface area (Å²) >= 11 is 3.32. The zero-order chi connectivity index (χ0) is 14.0. The summed E-state index contributed by atoms with van der Waals surface area (Å²) in [7, 11) is 0. The Morgan fingerprint density at radius 1 is 1.11 bits per heavy atom. The van der Waals surface area contributed by atoms with Crippen molar-refractivity contribution in [2.24, 2.45) is 0 Å². The number of anilines is 1. The third-order valence-electron chi connectivity index (χ3n) is 2.76. The van der Waals surface area contributed by atoms with Gasteiger partial charge in [0.05, 0.1) is 5.69 Å². The van der Waals surface area contributed by atoms with E-state index in [4.69, 9.17) is 10.5 Å². The van der Waals surface area contributed by atoms with Crippen LogP contribution in [-0.4, -0.2) is 4.98 Å². The molecule has 0 atom stereocenters. The molecule has 0 saturated carbocycles. The highest BCUT2D eigenvalue weighted by atomic mass is 79.9. The van der Waals surface area contributed by atoms with Crippen molar-refractivity contribution in [3.05, 3.63) is 46.6 Å². The quantitative estimate of drug-likeness (QED) is 0.828. The zero-order valence-electron chi connectivity index (χ0n) is 11.3. The number of nitrogen functional groups attached to an aromatic ring is 1. The van der Waals surface area contributed by atoms with Crippen molar-refractivity contribution in [2.75, 3.05) is 5.73 Å². The van der Waals surface area contributed by atoms with Gasteiger partial charge in [-0.3, -0.25) is 0 Å². The van der Waals surface area contributed by atoms with Crippen LogP contribution < -0.4 is 10.5 Å². The van der Waals surface area contributed by atoms with Crippen molar-refractivity contribution < 1.29 is 4.74 Å². The van der Waals surface area contributed by atoms with Gasteiger partial charge in [-0.25, -0.2) is 4.98 Å². The van der Waals surface area contributed by atoms with Gasteiger partial charge in [0.25, 0.3) is 0 Å². The lowest BCUT2D eigenvalue weighted by Gasteiger charge is -2.22. The smallest absolute Gasteiger partial charge is 0.243 e. The monoisotopic (exact) mass is 320 g/mol. The largest absolute Gasteiger partial charge is 0.437 e. The fourth-order valence-electron chi connectivity index (χ4n) is 1.79. The van der Waals surface area contributed by atoms with Crippen LogP contribution in [-0.2, 0) is 5.41 Å². The molecule has 4 heteroatoms. The fourth-order valence-corrected chi connectivity index (χ4v) is 2.08. The van der Waals surface area contributed by atoms with Crippen molar-refractivity contribution in [3.63, 3.8) is 0 Å². The van der Waals surface area contributed by atoms with Gasteiger partial charge in [0.1, 0.15) is 10.4 Å². The summed E-state index contributed by atoms with van der Waals surface area (Å²) in [6.45, 7) is 6.44. The topological polar surface area (TPSA) is 48.1 Å². The van der Waals surface area contributed by atoms with Crippen LogP contribution in [0.4, 0.5) is 5.69 Å². The van der Waals surface area contributed by atoms with Gasteiger partial charge in [-0.1, -0.05) is 39.0 Å². The summed E-state index contributed by atoms with van der Waals surface area (Å²) in [5.74, 6) is 1.21. The Labute approximate surface area is 121 Å². The van der Waals surface area contributed by atoms with E-state index < -0.39 is 0 Å². The molecule has 0 fully saturated rings. The summed E-state index contributed by atoms with van der Waals surface area (Å²) in [5.41, 5.74) is 7.53. The van der Waals surface area contributed by atoms with E-state index in [2.05, 4.69) is 47.8 Å². The number of para-hydroxylation sites is 1. The first-order valence-corrected chi connectivity index (χ1v) is 6.86. The molecule has 0 aliphatic carbocycles. The molecule has 2 aromatic rings. The molecule has 2 rings (SSSR count). The number of ether oxygens (including phenoxy) is 1. The predicted molar refractivity (Wildman–Crippen MR) is 81.6 cm³/mol. The molecule has 2 N–H and O–H groups in total. The average molecular weight is 321 g/mol. The Morgan fingerprint density at radius 2 is 1.79 bits per heavy atom. The Kier molecular flexibility index (Phi) is 3.80. The predicted octanol–water partition coefficient (Wildman–Crippen LogP) is 4.52. The lowest BCUT2D eigenvalue weighted by atomic mass is 9.86. The van der Waals surface area contributed by atoms with E-state index in [0.29, 0.717) is 16.2 Å². The maximum Gasteiger partial charge on any atom is 0.243 e. The van der Waals surface area contributed by atoms with Crippen LogP contribution in [0.3, 0.4) is 0 Å². The van der Waals surface area contributed by atoms with E-state index >= 15 is 0 Å². The van der Waals surface area contributed by atoms with E-state index in [1.807, 2.05) is 18.2 Å². The Morgan fingerprint density at radius 3 is 2.47 bits per heavy atom. The molecule has 0 unspecified atom stereocenters. The maximum absolute atomic E-state index is 5.89. The van der Waals surface area contributed by atoms with Crippen LogP contribution in [0.25, 0.3) is 0 Å².